The number of anilines is 1. The number of hydrogen-bond donors (Lipinski definition) is 1. The number of amides is 1. The molecular weight excluding hydrogens is 350 g/mol. The van der Waals surface area contributed by atoms with Crippen LogP contribution in [-0.4, -0.2) is 21.8 Å². The highest BCUT2D eigenvalue weighted by molar-refractivity contribution is 6.05. The molecule has 1 aliphatic rings. The van der Waals surface area contributed by atoms with Gasteiger partial charge >= 0.3 is 0 Å². The Morgan fingerprint density at radius 3 is 2.61 bits per heavy atom. The third-order valence-corrected chi connectivity index (χ3v) is 4.92. The molecule has 144 valence electrons. The smallest absolute Gasteiger partial charge is 0.276 e. The molecule has 1 aliphatic carbocycles. The lowest BCUT2D eigenvalue weighted by molar-refractivity contribution is 0.102. The first kappa shape index (κ1) is 18.3. The quantitative estimate of drug-likeness (QED) is 0.703. The monoisotopic (exact) mass is 375 g/mol. The minimum Gasteiger partial charge on any atom is -0.489 e. The average Bonchev–Trinajstić information content (AvgIpc) is 3.26. The van der Waals surface area contributed by atoms with Crippen molar-refractivity contribution in [2.24, 2.45) is 0 Å². The van der Waals surface area contributed by atoms with Crippen molar-refractivity contribution in [1.82, 2.24) is 9.78 Å². The van der Waals surface area contributed by atoms with E-state index >= 15 is 0 Å². The fraction of sp³-hybridized carbons (Fsp3) is 0.304. The van der Waals surface area contributed by atoms with E-state index in [1.807, 2.05) is 54.9 Å². The number of carbonyl (C=O) groups excluding carboxylic acids is 1. The van der Waals surface area contributed by atoms with E-state index in [0.29, 0.717) is 17.1 Å². The summed E-state index contributed by atoms with van der Waals surface area (Å²) < 4.78 is 7.74. The van der Waals surface area contributed by atoms with Crippen molar-refractivity contribution in [3.8, 4) is 11.4 Å². The van der Waals surface area contributed by atoms with Crippen molar-refractivity contribution in [1.29, 1.82) is 0 Å². The molecule has 5 nitrogen and oxygen atoms in total. The van der Waals surface area contributed by atoms with Crippen molar-refractivity contribution in [3.63, 3.8) is 0 Å². The lowest BCUT2D eigenvalue weighted by Crippen LogP contribution is -2.16. The second-order valence-electron chi connectivity index (χ2n) is 7.49. The molecule has 1 N–H and O–H groups in total. The molecule has 1 heterocycles. The van der Waals surface area contributed by atoms with Crippen molar-refractivity contribution < 1.29 is 9.53 Å². The van der Waals surface area contributed by atoms with Crippen molar-refractivity contribution in [2.75, 3.05) is 5.32 Å². The molecule has 0 radical (unpaired) electrons. The molecule has 4 rings (SSSR count). The van der Waals surface area contributed by atoms with Crippen LogP contribution in [0.3, 0.4) is 0 Å². The van der Waals surface area contributed by atoms with Gasteiger partial charge in [0.05, 0.1) is 17.5 Å². The average molecular weight is 375 g/mol. The van der Waals surface area contributed by atoms with Gasteiger partial charge in [0.25, 0.3) is 5.91 Å². The maximum atomic E-state index is 13.1. The molecular formula is C23H25N3O2. The number of nitrogens with zero attached hydrogens (tertiary/aromatic N) is 2. The number of ether oxygens (including phenoxy) is 1. The number of rotatable bonds is 5. The number of carbonyl (C=O) groups is 1. The summed E-state index contributed by atoms with van der Waals surface area (Å²) in [6.45, 7) is 6.00. The van der Waals surface area contributed by atoms with Crippen molar-refractivity contribution >= 4 is 11.6 Å². The van der Waals surface area contributed by atoms with E-state index in [0.717, 1.165) is 36.2 Å². The number of nitrogens with one attached hydrogen (secondary N) is 1. The molecule has 0 unspecified atom stereocenters. The molecule has 0 atom stereocenters. The maximum Gasteiger partial charge on any atom is 0.276 e. The minimum atomic E-state index is -0.191. The molecule has 1 amide bonds. The van der Waals surface area contributed by atoms with Crippen LogP contribution in [0.1, 0.15) is 47.6 Å². The molecule has 1 aromatic heterocycles. The summed E-state index contributed by atoms with van der Waals surface area (Å²) in [6, 6.07) is 15.7. The molecule has 0 fully saturated rings. The van der Waals surface area contributed by atoms with Crippen molar-refractivity contribution in [3.05, 3.63) is 71.0 Å². The Bertz CT molecular complexity index is 1000. The summed E-state index contributed by atoms with van der Waals surface area (Å²) in [7, 11) is 0. The summed E-state index contributed by atoms with van der Waals surface area (Å²) in [6.07, 6.45) is 2.90. The van der Waals surface area contributed by atoms with Gasteiger partial charge in [-0.05, 0) is 64.3 Å². The second kappa shape index (κ2) is 7.50. The van der Waals surface area contributed by atoms with Gasteiger partial charge in [0.15, 0.2) is 5.69 Å². The van der Waals surface area contributed by atoms with Gasteiger partial charge in [0, 0.05) is 11.3 Å². The first-order chi connectivity index (χ1) is 13.5. The highest BCUT2D eigenvalue weighted by atomic mass is 16.5. The summed E-state index contributed by atoms with van der Waals surface area (Å²) in [4.78, 5) is 13.1. The van der Waals surface area contributed by atoms with Gasteiger partial charge in [-0.25, -0.2) is 4.68 Å². The largest absolute Gasteiger partial charge is 0.489 e. The van der Waals surface area contributed by atoms with Crippen LogP contribution in [0.5, 0.6) is 5.75 Å². The van der Waals surface area contributed by atoms with Gasteiger partial charge in [0.2, 0.25) is 0 Å². The molecule has 2 aromatic carbocycles. The van der Waals surface area contributed by atoms with Crippen LogP contribution in [0.2, 0.25) is 0 Å². The number of para-hydroxylation sites is 2. The third-order valence-electron chi connectivity index (χ3n) is 4.92. The number of hydrogen-bond acceptors (Lipinski definition) is 3. The number of fused-ring (bicyclic) bond motifs is 1. The van der Waals surface area contributed by atoms with Gasteiger partial charge in [0.1, 0.15) is 5.75 Å². The molecule has 0 saturated heterocycles. The Morgan fingerprint density at radius 2 is 1.86 bits per heavy atom. The first-order valence-corrected chi connectivity index (χ1v) is 9.78. The predicted molar refractivity (Wildman–Crippen MR) is 110 cm³/mol. The molecule has 3 aromatic rings. The summed E-state index contributed by atoms with van der Waals surface area (Å²) in [5.41, 5.74) is 5.56. The minimum absolute atomic E-state index is 0.0306. The molecule has 0 spiro atoms. The summed E-state index contributed by atoms with van der Waals surface area (Å²) in [5, 5.41) is 7.68. The molecule has 0 aliphatic heterocycles. The van der Waals surface area contributed by atoms with E-state index < -0.39 is 0 Å². The van der Waals surface area contributed by atoms with Gasteiger partial charge in [-0.15, -0.1) is 0 Å². The Hall–Kier alpha value is -3.08. The van der Waals surface area contributed by atoms with Crippen LogP contribution in [0.4, 0.5) is 5.69 Å². The zero-order chi connectivity index (χ0) is 19.7. The van der Waals surface area contributed by atoms with Crippen LogP contribution in [0.25, 0.3) is 5.69 Å². The van der Waals surface area contributed by atoms with Crippen molar-refractivity contribution in [2.45, 2.75) is 46.1 Å². The molecule has 0 bridgehead atoms. The lowest BCUT2D eigenvalue weighted by atomic mass is 10.2. The first-order valence-electron chi connectivity index (χ1n) is 9.78. The Labute approximate surface area is 165 Å². The zero-order valence-corrected chi connectivity index (χ0v) is 16.5. The molecule has 5 heteroatoms. The van der Waals surface area contributed by atoms with Gasteiger partial charge < -0.3 is 10.1 Å². The lowest BCUT2D eigenvalue weighted by Gasteiger charge is -2.14. The standard InChI is InChI=1S/C23H25N3O2/c1-15(2)28-21-10-5-4-8-19(21)24-23(27)22-18-7-6-9-20(18)26(25-22)17-13-11-16(3)12-14-17/h4-5,8,10-15H,6-7,9H2,1-3H3,(H,24,27). The van der Waals surface area contributed by atoms with Crippen LogP contribution < -0.4 is 10.1 Å². The topological polar surface area (TPSA) is 56.2 Å². The Morgan fingerprint density at radius 1 is 1.11 bits per heavy atom. The maximum absolute atomic E-state index is 13.1. The highest BCUT2D eigenvalue weighted by Crippen LogP contribution is 2.30. The summed E-state index contributed by atoms with van der Waals surface area (Å²) in [5.74, 6) is 0.476. The Balaban J connectivity index is 1.66. The third kappa shape index (κ3) is 3.52. The second-order valence-corrected chi connectivity index (χ2v) is 7.49. The molecule has 28 heavy (non-hydrogen) atoms. The fourth-order valence-electron chi connectivity index (χ4n) is 3.63. The van der Waals surface area contributed by atoms with Gasteiger partial charge in [-0.3, -0.25) is 4.79 Å². The van der Waals surface area contributed by atoms with Crippen LogP contribution in [0, 0.1) is 6.92 Å². The number of benzene rings is 2. The fourth-order valence-corrected chi connectivity index (χ4v) is 3.63. The van der Waals surface area contributed by atoms with E-state index in [9.17, 15) is 4.79 Å². The Kier molecular flexibility index (Phi) is 4.90. The van der Waals surface area contributed by atoms with E-state index in [4.69, 9.17) is 4.74 Å². The normalized spacial score (nSPS) is 12.9. The van der Waals surface area contributed by atoms with E-state index in [-0.39, 0.29) is 12.0 Å². The predicted octanol–water partition coefficient (Wildman–Crippen LogP) is 4.71. The summed E-state index contributed by atoms with van der Waals surface area (Å²) >= 11 is 0. The van der Waals surface area contributed by atoms with E-state index in [1.165, 1.54) is 5.56 Å². The zero-order valence-electron chi connectivity index (χ0n) is 16.5. The van der Waals surface area contributed by atoms with E-state index in [1.54, 1.807) is 0 Å². The SMILES string of the molecule is Cc1ccc(-n2nc(C(=O)Nc3ccccc3OC(C)C)c3c2CCC3)cc1. The van der Waals surface area contributed by atoms with Crippen LogP contribution in [0.15, 0.2) is 48.5 Å². The van der Waals surface area contributed by atoms with Gasteiger partial charge in [-0.1, -0.05) is 29.8 Å². The van der Waals surface area contributed by atoms with Gasteiger partial charge in [-0.2, -0.15) is 5.10 Å². The number of aromatic nitrogens is 2. The molecule has 0 saturated carbocycles. The highest BCUT2D eigenvalue weighted by Gasteiger charge is 2.27. The number of aryl methyl sites for hydroxylation is 1. The van der Waals surface area contributed by atoms with Crippen LogP contribution in [-0.2, 0) is 12.8 Å². The van der Waals surface area contributed by atoms with E-state index in [2.05, 4.69) is 29.5 Å². The van der Waals surface area contributed by atoms with Crippen LogP contribution >= 0.6 is 0 Å².